The second kappa shape index (κ2) is 9.20. The van der Waals surface area contributed by atoms with Gasteiger partial charge in [0.05, 0.1) is 11.8 Å². The maximum Gasteiger partial charge on any atom is 0.247 e. The number of likely N-dealkylation sites (tertiary alicyclic amines) is 1. The summed E-state index contributed by atoms with van der Waals surface area (Å²) < 4.78 is 5.81. The third-order valence-corrected chi connectivity index (χ3v) is 9.77. The molecule has 0 saturated carbocycles. The second-order valence-corrected chi connectivity index (χ2v) is 11.8. The van der Waals surface area contributed by atoms with Crippen molar-refractivity contribution in [3.63, 3.8) is 0 Å². The van der Waals surface area contributed by atoms with Gasteiger partial charge in [0.1, 0.15) is 27.3 Å². The summed E-state index contributed by atoms with van der Waals surface area (Å²) in [6.07, 6.45) is 0. The molecule has 41 heavy (non-hydrogen) atoms. The molecule has 4 aromatic carbocycles. The number of amides is 3. The molecule has 204 valence electrons. The minimum absolute atomic E-state index is 0.501. The van der Waals surface area contributed by atoms with Gasteiger partial charge in [-0.05, 0) is 65.6 Å². The molecule has 3 atom stereocenters. The van der Waals surface area contributed by atoms with E-state index >= 15 is 0 Å². The third-order valence-electron chi connectivity index (χ3n) is 8.49. The quantitative estimate of drug-likeness (QED) is 0.218. The van der Waals surface area contributed by atoms with Gasteiger partial charge in [-0.3, -0.25) is 19.3 Å². The van der Waals surface area contributed by atoms with Gasteiger partial charge < -0.3 is 10.1 Å². The first kappa shape index (κ1) is 25.8. The molecule has 8 rings (SSSR count). The molecular formula is C33H24Cl2N2O4. The van der Waals surface area contributed by atoms with Crippen LogP contribution in [0.25, 0.3) is 0 Å². The molecule has 0 radical (unpaired) electrons. The number of hydrogen-bond acceptors (Lipinski definition) is 4. The fourth-order valence-corrected chi connectivity index (χ4v) is 7.76. The predicted octanol–water partition coefficient (Wildman–Crippen LogP) is 6.40. The van der Waals surface area contributed by atoms with E-state index in [9.17, 15) is 14.4 Å². The van der Waals surface area contributed by atoms with Crippen molar-refractivity contribution >= 4 is 46.6 Å². The van der Waals surface area contributed by atoms with Crippen LogP contribution in [-0.4, -0.2) is 28.7 Å². The number of para-hydroxylation sites is 1. The van der Waals surface area contributed by atoms with Crippen LogP contribution in [0.2, 0.25) is 0 Å². The number of nitrogens with one attached hydrogen (secondary N) is 1. The van der Waals surface area contributed by atoms with Crippen LogP contribution in [0.3, 0.4) is 0 Å². The maximum atomic E-state index is 14.1. The van der Waals surface area contributed by atoms with E-state index in [-0.39, 0.29) is 0 Å². The van der Waals surface area contributed by atoms with Crippen LogP contribution in [0.15, 0.2) is 103 Å². The number of carbonyl (C=O) groups excluding carboxylic acids is 3. The normalized spacial score (nSPS) is 26.2. The number of ether oxygens (including phenoxy) is 1. The van der Waals surface area contributed by atoms with Crippen LogP contribution >= 0.6 is 23.2 Å². The second-order valence-electron chi connectivity index (χ2n) is 10.6. The molecule has 1 N–H and O–H groups in total. The predicted molar refractivity (Wildman–Crippen MR) is 156 cm³/mol. The van der Waals surface area contributed by atoms with Crippen molar-refractivity contribution in [1.29, 1.82) is 0 Å². The van der Waals surface area contributed by atoms with Crippen molar-refractivity contribution in [3.05, 3.63) is 125 Å². The monoisotopic (exact) mass is 582 g/mol. The highest BCUT2D eigenvalue weighted by Crippen LogP contribution is 2.69. The van der Waals surface area contributed by atoms with E-state index in [1.54, 1.807) is 31.2 Å². The Balaban J connectivity index is 1.18. The zero-order chi connectivity index (χ0) is 28.5. The zero-order valence-corrected chi connectivity index (χ0v) is 23.4. The molecule has 1 fully saturated rings. The lowest BCUT2D eigenvalue weighted by Gasteiger charge is -2.54. The molecule has 4 aliphatic rings. The number of hydrogen-bond donors (Lipinski definition) is 1. The zero-order valence-electron chi connectivity index (χ0n) is 21.9. The molecular weight excluding hydrogens is 559 g/mol. The van der Waals surface area contributed by atoms with Crippen molar-refractivity contribution < 1.29 is 19.1 Å². The third kappa shape index (κ3) is 3.54. The van der Waals surface area contributed by atoms with Gasteiger partial charge in [0.25, 0.3) is 0 Å². The molecule has 8 heteroatoms. The lowest BCUT2D eigenvalue weighted by Crippen LogP contribution is -2.57. The van der Waals surface area contributed by atoms with Gasteiger partial charge in [-0.15, -0.1) is 23.2 Å². The SMILES string of the molecule is C[C@H](C(=O)Nc1ccc(Oc2ccccc2)cc1)N1C(=O)[C@H]2[C@H](C1=O)C1(Cl)c3ccccc3C2(Cl)c2ccccc21. The number of rotatable bonds is 5. The maximum absolute atomic E-state index is 14.1. The number of anilines is 1. The van der Waals surface area contributed by atoms with Gasteiger partial charge in [-0.1, -0.05) is 66.7 Å². The molecule has 0 aromatic heterocycles. The highest BCUT2D eigenvalue weighted by atomic mass is 35.5. The number of halogens is 2. The van der Waals surface area contributed by atoms with Gasteiger partial charge >= 0.3 is 0 Å². The lowest BCUT2D eigenvalue weighted by molar-refractivity contribution is -0.146. The number of benzene rings is 4. The summed E-state index contributed by atoms with van der Waals surface area (Å²) in [6, 6.07) is 30.0. The van der Waals surface area contributed by atoms with Crippen LogP contribution < -0.4 is 10.1 Å². The van der Waals surface area contributed by atoms with E-state index < -0.39 is 45.3 Å². The summed E-state index contributed by atoms with van der Waals surface area (Å²) in [5.41, 5.74) is 3.37. The van der Waals surface area contributed by atoms with Gasteiger partial charge in [-0.2, -0.15) is 0 Å². The number of carbonyl (C=O) groups is 3. The molecule has 1 aliphatic heterocycles. The molecule has 1 saturated heterocycles. The summed E-state index contributed by atoms with van der Waals surface area (Å²) in [7, 11) is 0. The Bertz CT molecular complexity index is 1600. The Hall–Kier alpha value is -4.13. The summed E-state index contributed by atoms with van der Waals surface area (Å²) in [6.45, 7) is 1.54. The van der Waals surface area contributed by atoms with Crippen molar-refractivity contribution in [1.82, 2.24) is 4.90 Å². The summed E-state index contributed by atoms with van der Waals surface area (Å²) in [5, 5.41) is 2.82. The minimum atomic E-state index is -1.29. The van der Waals surface area contributed by atoms with Crippen LogP contribution in [0.4, 0.5) is 5.69 Å². The van der Waals surface area contributed by atoms with E-state index in [4.69, 9.17) is 27.9 Å². The summed E-state index contributed by atoms with van der Waals surface area (Å²) >= 11 is 14.9. The largest absolute Gasteiger partial charge is 0.457 e. The summed E-state index contributed by atoms with van der Waals surface area (Å²) in [4.78, 5) is 40.0. The highest BCUT2D eigenvalue weighted by Gasteiger charge is 2.73. The minimum Gasteiger partial charge on any atom is -0.457 e. The Morgan fingerprint density at radius 3 is 1.59 bits per heavy atom. The van der Waals surface area contributed by atoms with Gasteiger partial charge in [0.15, 0.2) is 0 Å². The number of nitrogens with zero attached hydrogens (tertiary/aromatic N) is 1. The van der Waals surface area contributed by atoms with Gasteiger partial charge in [0.2, 0.25) is 17.7 Å². The topological polar surface area (TPSA) is 75.7 Å². The smallest absolute Gasteiger partial charge is 0.247 e. The van der Waals surface area contributed by atoms with Crippen molar-refractivity contribution in [3.8, 4) is 11.5 Å². The first-order valence-electron chi connectivity index (χ1n) is 13.3. The Labute approximate surface area is 246 Å². The van der Waals surface area contributed by atoms with Crippen molar-refractivity contribution in [2.75, 3.05) is 5.32 Å². The van der Waals surface area contributed by atoms with E-state index in [0.29, 0.717) is 17.2 Å². The summed E-state index contributed by atoms with van der Waals surface area (Å²) in [5.74, 6) is -2.12. The Morgan fingerprint density at radius 1 is 0.707 bits per heavy atom. The fraction of sp³-hybridized carbons (Fsp3) is 0.182. The molecule has 1 heterocycles. The highest BCUT2D eigenvalue weighted by molar-refractivity contribution is 6.36. The molecule has 0 unspecified atom stereocenters. The van der Waals surface area contributed by atoms with Crippen LogP contribution in [0.1, 0.15) is 29.2 Å². The van der Waals surface area contributed by atoms with E-state index in [1.807, 2.05) is 78.9 Å². The molecule has 0 spiro atoms. The van der Waals surface area contributed by atoms with E-state index in [0.717, 1.165) is 27.2 Å². The molecule has 3 aliphatic carbocycles. The van der Waals surface area contributed by atoms with Gasteiger partial charge in [-0.25, -0.2) is 0 Å². The Kier molecular flexibility index (Phi) is 5.79. The average Bonchev–Trinajstić information content (AvgIpc) is 3.27. The van der Waals surface area contributed by atoms with E-state index in [2.05, 4.69) is 5.32 Å². The first-order chi connectivity index (χ1) is 19.8. The average molecular weight is 583 g/mol. The number of imide groups is 1. The molecule has 6 nitrogen and oxygen atoms in total. The molecule has 4 aromatic rings. The van der Waals surface area contributed by atoms with Crippen molar-refractivity contribution in [2.45, 2.75) is 22.7 Å². The van der Waals surface area contributed by atoms with Crippen LogP contribution in [0, 0.1) is 11.8 Å². The van der Waals surface area contributed by atoms with Gasteiger partial charge in [0, 0.05) is 5.69 Å². The fourth-order valence-electron chi connectivity index (χ4n) is 6.67. The van der Waals surface area contributed by atoms with Crippen molar-refractivity contribution in [2.24, 2.45) is 11.8 Å². The van der Waals surface area contributed by atoms with Crippen LogP contribution in [0.5, 0.6) is 11.5 Å². The van der Waals surface area contributed by atoms with Crippen LogP contribution in [-0.2, 0) is 24.1 Å². The molecule has 2 bridgehead atoms. The Morgan fingerprint density at radius 2 is 1.12 bits per heavy atom. The standard InChI is InChI=1S/C33H24Cl2N2O4/c1-19(29(38)36-20-15-17-22(18-16-20)41-21-9-3-2-4-10-21)37-30(39)27-28(31(37)40)33(35)24-12-6-5-11-23(24)32(27,34)25-13-7-8-14-26(25)33/h2-19,27-28H,1H3,(H,36,38)/t19-,27-,28-,32?,33?/m1/s1. The number of alkyl halides is 2. The molecule has 3 amide bonds. The van der Waals surface area contributed by atoms with E-state index in [1.165, 1.54) is 0 Å². The lowest BCUT2D eigenvalue weighted by atomic mass is 9.54. The first-order valence-corrected chi connectivity index (χ1v) is 14.1.